The molecule has 0 aliphatic heterocycles. The van der Waals surface area contributed by atoms with Gasteiger partial charge in [0.1, 0.15) is 11.5 Å². The number of rotatable bonds is 5. The van der Waals surface area contributed by atoms with E-state index in [1.165, 1.54) is 0 Å². The fourth-order valence-corrected chi connectivity index (χ4v) is 2.24. The van der Waals surface area contributed by atoms with Crippen LogP contribution in [0, 0.1) is 0 Å². The summed E-state index contributed by atoms with van der Waals surface area (Å²) in [5.74, 6) is 0.869. The largest absolute Gasteiger partial charge is 0.508 e. The molecule has 0 heterocycles. The predicted octanol–water partition coefficient (Wildman–Crippen LogP) is 4.71. The number of aromatic hydroxyl groups is 1. The van der Waals surface area contributed by atoms with Gasteiger partial charge in [-0.25, -0.2) is 0 Å². The number of hydrogen-bond acceptors (Lipinski definition) is 3. The normalized spacial score (nSPS) is 10.3. The molecular formula is C15H15Cl2NO2. The van der Waals surface area contributed by atoms with Crippen LogP contribution in [0.1, 0.15) is 12.5 Å². The summed E-state index contributed by atoms with van der Waals surface area (Å²) in [5, 5.41) is 14.1. The summed E-state index contributed by atoms with van der Waals surface area (Å²) in [6, 6.07) is 10.4. The zero-order valence-electron chi connectivity index (χ0n) is 11.0. The molecule has 0 saturated carbocycles. The van der Waals surface area contributed by atoms with Gasteiger partial charge in [-0.3, -0.25) is 0 Å². The van der Waals surface area contributed by atoms with E-state index >= 15 is 0 Å². The van der Waals surface area contributed by atoms with Crippen LogP contribution in [0.25, 0.3) is 0 Å². The van der Waals surface area contributed by atoms with Crippen molar-refractivity contribution in [1.82, 2.24) is 0 Å². The van der Waals surface area contributed by atoms with Gasteiger partial charge in [0.25, 0.3) is 0 Å². The van der Waals surface area contributed by atoms with Crippen molar-refractivity contribution in [3.05, 3.63) is 52.0 Å². The van der Waals surface area contributed by atoms with Crippen LogP contribution in [-0.2, 0) is 6.54 Å². The molecule has 0 aliphatic rings. The minimum absolute atomic E-state index is 0.157. The number of anilines is 1. The summed E-state index contributed by atoms with van der Waals surface area (Å²) in [6.45, 7) is 2.86. The molecule has 2 rings (SSSR count). The standard InChI is InChI=1S/C15H15Cl2NO2/c1-2-20-15-7-6-10(16)8-13(15)18-9-11-12(17)4-3-5-14(11)19/h3-8,18-19H,2,9H2,1H3. The van der Waals surface area contributed by atoms with Gasteiger partial charge in [0.15, 0.2) is 0 Å². The van der Waals surface area contributed by atoms with Crippen molar-refractivity contribution in [2.24, 2.45) is 0 Å². The molecule has 2 N–H and O–H groups in total. The first-order chi connectivity index (χ1) is 9.61. The number of nitrogens with one attached hydrogen (secondary N) is 1. The third-order valence-electron chi connectivity index (χ3n) is 2.79. The SMILES string of the molecule is CCOc1ccc(Cl)cc1NCc1c(O)cccc1Cl. The Bertz CT molecular complexity index is 582. The zero-order chi connectivity index (χ0) is 14.5. The van der Waals surface area contributed by atoms with Gasteiger partial charge >= 0.3 is 0 Å². The first-order valence-electron chi connectivity index (χ1n) is 6.24. The second kappa shape index (κ2) is 6.73. The summed E-state index contributed by atoms with van der Waals surface area (Å²) in [4.78, 5) is 0. The highest BCUT2D eigenvalue weighted by molar-refractivity contribution is 6.31. The molecule has 5 heteroatoms. The molecule has 0 saturated heterocycles. The Hall–Kier alpha value is -1.58. The minimum atomic E-state index is 0.157. The first kappa shape index (κ1) is 14.8. The van der Waals surface area contributed by atoms with E-state index in [9.17, 15) is 5.11 Å². The topological polar surface area (TPSA) is 41.5 Å². The minimum Gasteiger partial charge on any atom is -0.508 e. The molecule has 0 atom stereocenters. The van der Waals surface area contributed by atoms with E-state index in [1.807, 2.05) is 6.92 Å². The molecule has 0 radical (unpaired) electrons. The van der Waals surface area contributed by atoms with Crippen molar-refractivity contribution in [1.29, 1.82) is 0 Å². The van der Waals surface area contributed by atoms with Gasteiger partial charge in [-0.05, 0) is 37.3 Å². The monoisotopic (exact) mass is 311 g/mol. The highest BCUT2D eigenvalue weighted by Gasteiger charge is 2.08. The van der Waals surface area contributed by atoms with Crippen molar-refractivity contribution in [2.75, 3.05) is 11.9 Å². The van der Waals surface area contributed by atoms with Crippen molar-refractivity contribution >= 4 is 28.9 Å². The van der Waals surface area contributed by atoms with Crippen LogP contribution in [0.4, 0.5) is 5.69 Å². The van der Waals surface area contributed by atoms with Crippen molar-refractivity contribution in [2.45, 2.75) is 13.5 Å². The van der Waals surface area contributed by atoms with Crippen LogP contribution < -0.4 is 10.1 Å². The molecule has 0 spiro atoms. The lowest BCUT2D eigenvalue weighted by Gasteiger charge is -2.14. The number of ether oxygens (including phenoxy) is 1. The summed E-state index contributed by atoms with van der Waals surface area (Å²) < 4.78 is 5.52. The highest BCUT2D eigenvalue weighted by Crippen LogP contribution is 2.31. The molecule has 20 heavy (non-hydrogen) atoms. The van der Waals surface area contributed by atoms with E-state index in [0.29, 0.717) is 34.5 Å². The second-order valence-corrected chi connectivity index (χ2v) is 5.01. The van der Waals surface area contributed by atoms with E-state index in [1.54, 1.807) is 36.4 Å². The Morgan fingerprint density at radius 1 is 1.20 bits per heavy atom. The van der Waals surface area contributed by atoms with Crippen LogP contribution in [0.15, 0.2) is 36.4 Å². The predicted molar refractivity (Wildman–Crippen MR) is 83.1 cm³/mol. The highest BCUT2D eigenvalue weighted by atomic mass is 35.5. The van der Waals surface area contributed by atoms with Gasteiger partial charge in [0.2, 0.25) is 0 Å². The molecule has 0 bridgehead atoms. The molecule has 3 nitrogen and oxygen atoms in total. The van der Waals surface area contributed by atoms with Crippen LogP contribution in [-0.4, -0.2) is 11.7 Å². The maximum atomic E-state index is 9.81. The van der Waals surface area contributed by atoms with E-state index in [0.717, 1.165) is 5.69 Å². The summed E-state index contributed by atoms with van der Waals surface area (Å²) in [6.07, 6.45) is 0. The lowest BCUT2D eigenvalue weighted by atomic mass is 10.2. The Balaban J connectivity index is 2.20. The van der Waals surface area contributed by atoms with E-state index in [-0.39, 0.29) is 5.75 Å². The van der Waals surface area contributed by atoms with Gasteiger partial charge in [0, 0.05) is 22.2 Å². The molecular weight excluding hydrogens is 297 g/mol. The summed E-state index contributed by atoms with van der Waals surface area (Å²) in [5.41, 5.74) is 1.40. The van der Waals surface area contributed by atoms with Gasteiger partial charge in [-0.2, -0.15) is 0 Å². The number of phenolic OH excluding ortho intramolecular Hbond substituents is 1. The lowest BCUT2D eigenvalue weighted by molar-refractivity contribution is 0.341. The lowest BCUT2D eigenvalue weighted by Crippen LogP contribution is -2.03. The van der Waals surface area contributed by atoms with Gasteiger partial charge < -0.3 is 15.2 Å². The summed E-state index contributed by atoms with van der Waals surface area (Å²) >= 11 is 12.1. The third-order valence-corrected chi connectivity index (χ3v) is 3.38. The molecule has 0 aromatic heterocycles. The Morgan fingerprint density at radius 3 is 2.70 bits per heavy atom. The molecule has 106 valence electrons. The van der Waals surface area contributed by atoms with Crippen molar-refractivity contribution in [3.63, 3.8) is 0 Å². The maximum absolute atomic E-state index is 9.81. The fourth-order valence-electron chi connectivity index (χ4n) is 1.83. The van der Waals surface area contributed by atoms with Crippen LogP contribution >= 0.6 is 23.2 Å². The van der Waals surface area contributed by atoms with Crippen LogP contribution in [0.3, 0.4) is 0 Å². The quantitative estimate of drug-likeness (QED) is 0.840. The van der Waals surface area contributed by atoms with Gasteiger partial charge in [-0.1, -0.05) is 29.3 Å². The Kier molecular flexibility index (Phi) is 4.99. The van der Waals surface area contributed by atoms with Gasteiger partial charge in [-0.15, -0.1) is 0 Å². The Morgan fingerprint density at radius 2 is 2.00 bits per heavy atom. The Labute approximate surface area is 128 Å². The molecule has 0 aliphatic carbocycles. The third kappa shape index (κ3) is 3.50. The number of hydrogen-bond donors (Lipinski definition) is 2. The average Bonchev–Trinajstić information content (AvgIpc) is 2.41. The zero-order valence-corrected chi connectivity index (χ0v) is 12.5. The van der Waals surface area contributed by atoms with Crippen LogP contribution in [0.5, 0.6) is 11.5 Å². The fraction of sp³-hybridized carbons (Fsp3) is 0.200. The maximum Gasteiger partial charge on any atom is 0.142 e. The number of phenols is 1. The molecule has 2 aromatic carbocycles. The van der Waals surface area contributed by atoms with Crippen molar-refractivity contribution in [3.8, 4) is 11.5 Å². The average molecular weight is 312 g/mol. The summed E-state index contributed by atoms with van der Waals surface area (Å²) in [7, 11) is 0. The van der Waals surface area contributed by atoms with E-state index < -0.39 is 0 Å². The molecule has 0 unspecified atom stereocenters. The second-order valence-electron chi connectivity index (χ2n) is 4.16. The number of benzene rings is 2. The van der Waals surface area contributed by atoms with Crippen molar-refractivity contribution < 1.29 is 9.84 Å². The van der Waals surface area contributed by atoms with E-state index in [4.69, 9.17) is 27.9 Å². The molecule has 0 amide bonds. The molecule has 2 aromatic rings. The smallest absolute Gasteiger partial charge is 0.142 e. The van der Waals surface area contributed by atoms with E-state index in [2.05, 4.69) is 5.32 Å². The molecule has 0 fully saturated rings. The van der Waals surface area contributed by atoms with Gasteiger partial charge in [0.05, 0.1) is 12.3 Å². The number of halogens is 2. The van der Waals surface area contributed by atoms with Crippen LogP contribution in [0.2, 0.25) is 10.0 Å². The first-order valence-corrected chi connectivity index (χ1v) is 7.00.